The molecule has 3 rings (SSSR count). The van der Waals surface area contributed by atoms with Crippen LogP contribution in [0, 0.1) is 11.3 Å². The van der Waals surface area contributed by atoms with Gasteiger partial charge in [0.25, 0.3) is 0 Å². The summed E-state index contributed by atoms with van der Waals surface area (Å²) < 4.78 is 2.09. The molecule has 1 heterocycles. The lowest BCUT2D eigenvalue weighted by atomic mass is 9.83. The maximum absolute atomic E-state index is 12.2. The third-order valence-electron chi connectivity index (χ3n) is 4.56. The highest BCUT2D eigenvalue weighted by Gasteiger charge is 2.33. The number of nitriles is 1. The van der Waals surface area contributed by atoms with Crippen molar-refractivity contribution in [3.63, 3.8) is 0 Å². The van der Waals surface area contributed by atoms with E-state index in [4.69, 9.17) is 0 Å². The zero-order chi connectivity index (χ0) is 15.4. The molecule has 1 saturated carbocycles. The molecule has 0 unspecified atom stereocenters. The first-order valence-corrected chi connectivity index (χ1v) is 7.99. The number of nitrogens with zero attached hydrogens (tertiary/aromatic N) is 2. The molecule has 0 saturated heterocycles. The molecule has 1 aromatic carbocycles. The van der Waals surface area contributed by atoms with Crippen LogP contribution in [0.3, 0.4) is 0 Å². The fourth-order valence-electron chi connectivity index (χ4n) is 3.31. The summed E-state index contributed by atoms with van der Waals surface area (Å²) in [5.74, 6) is -0.0266. The van der Waals surface area contributed by atoms with Crippen molar-refractivity contribution >= 4 is 16.8 Å². The van der Waals surface area contributed by atoms with Crippen LogP contribution in [-0.2, 0) is 11.3 Å². The Labute approximate surface area is 130 Å². The summed E-state index contributed by atoms with van der Waals surface area (Å²) in [5.41, 5.74) is 0.511. The van der Waals surface area contributed by atoms with E-state index in [1.54, 1.807) is 0 Å². The highest BCUT2D eigenvalue weighted by molar-refractivity contribution is 5.81. The minimum Gasteiger partial charge on any atom is -0.347 e. The van der Waals surface area contributed by atoms with E-state index in [0.29, 0.717) is 13.0 Å². The maximum Gasteiger partial charge on any atom is 0.223 e. The Balaban J connectivity index is 1.61. The van der Waals surface area contributed by atoms with Gasteiger partial charge in [-0.05, 0) is 30.4 Å². The molecule has 114 valence electrons. The predicted molar refractivity (Wildman–Crippen MR) is 86.1 cm³/mol. The molecule has 0 atom stereocenters. The lowest BCUT2D eigenvalue weighted by Gasteiger charge is -2.31. The van der Waals surface area contributed by atoms with E-state index in [1.165, 1.54) is 5.39 Å². The summed E-state index contributed by atoms with van der Waals surface area (Å²) in [6.07, 6.45) is 7.19. The second-order valence-electron chi connectivity index (χ2n) is 6.12. The molecule has 0 bridgehead atoms. The van der Waals surface area contributed by atoms with Crippen LogP contribution < -0.4 is 5.32 Å². The van der Waals surface area contributed by atoms with Gasteiger partial charge in [-0.2, -0.15) is 5.26 Å². The minimum absolute atomic E-state index is 0.0266. The second-order valence-corrected chi connectivity index (χ2v) is 6.12. The Morgan fingerprint density at radius 3 is 2.77 bits per heavy atom. The highest BCUT2D eigenvalue weighted by atomic mass is 16.1. The Morgan fingerprint density at radius 1 is 1.23 bits per heavy atom. The quantitative estimate of drug-likeness (QED) is 0.940. The van der Waals surface area contributed by atoms with Gasteiger partial charge in [0.15, 0.2) is 0 Å². The van der Waals surface area contributed by atoms with Crippen LogP contribution in [0.15, 0.2) is 36.5 Å². The number of carbonyl (C=O) groups excluding carboxylic acids is 1. The zero-order valence-corrected chi connectivity index (χ0v) is 12.7. The van der Waals surface area contributed by atoms with Crippen molar-refractivity contribution in [2.75, 3.05) is 0 Å². The van der Waals surface area contributed by atoms with Crippen molar-refractivity contribution < 1.29 is 4.79 Å². The summed E-state index contributed by atoms with van der Waals surface area (Å²) in [4.78, 5) is 12.2. The van der Waals surface area contributed by atoms with Gasteiger partial charge in [-0.3, -0.25) is 4.79 Å². The van der Waals surface area contributed by atoms with E-state index >= 15 is 0 Å². The van der Waals surface area contributed by atoms with Gasteiger partial charge >= 0.3 is 0 Å². The van der Waals surface area contributed by atoms with Crippen molar-refractivity contribution in [2.45, 2.75) is 50.6 Å². The largest absolute Gasteiger partial charge is 0.347 e. The molecule has 0 radical (unpaired) electrons. The predicted octanol–water partition coefficient (Wildman–Crippen LogP) is 3.37. The number of hydrogen-bond acceptors (Lipinski definition) is 2. The van der Waals surface area contributed by atoms with Gasteiger partial charge in [0, 0.05) is 24.7 Å². The molecule has 1 aliphatic carbocycles. The number of amides is 1. The van der Waals surface area contributed by atoms with Crippen molar-refractivity contribution in [1.82, 2.24) is 9.88 Å². The number of para-hydroxylation sites is 1. The minimum atomic E-state index is -0.631. The highest BCUT2D eigenvalue weighted by Crippen LogP contribution is 2.27. The van der Waals surface area contributed by atoms with Crippen molar-refractivity contribution in [3.8, 4) is 6.07 Å². The van der Waals surface area contributed by atoms with E-state index < -0.39 is 5.54 Å². The van der Waals surface area contributed by atoms with Crippen LogP contribution in [0.5, 0.6) is 0 Å². The number of fused-ring (bicyclic) bond motifs is 1. The molecule has 1 N–H and O–H groups in total. The number of aromatic nitrogens is 1. The fourth-order valence-corrected chi connectivity index (χ4v) is 3.31. The van der Waals surface area contributed by atoms with E-state index in [0.717, 1.165) is 37.6 Å². The molecule has 0 spiro atoms. The summed E-state index contributed by atoms with van der Waals surface area (Å²) >= 11 is 0. The summed E-state index contributed by atoms with van der Waals surface area (Å²) in [6.45, 7) is 0.640. The van der Waals surface area contributed by atoms with Gasteiger partial charge in [0.05, 0.1) is 6.07 Å². The monoisotopic (exact) mass is 295 g/mol. The van der Waals surface area contributed by atoms with Crippen LogP contribution in [0.1, 0.15) is 38.5 Å². The Morgan fingerprint density at radius 2 is 2.00 bits per heavy atom. The van der Waals surface area contributed by atoms with Gasteiger partial charge in [-0.25, -0.2) is 0 Å². The smallest absolute Gasteiger partial charge is 0.223 e. The lowest BCUT2D eigenvalue weighted by molar-refractivity contribution is -0.123. The molecule has 1 aromatic heterocycles. The molecule has 1 aliphatic rings. The van der Waals surface area contributed by atoms with Crippen LogP contribution in [0.2, 0.25) is 0 Å². The molecule has 1 fully saturated rings. The first kappa shape index (κ1) is 14.6. The molecular formula is C18H21N3O. The van der Waals surface area contributed by atoms with E-state index in [9.17, 15) is 10.1 Å². The number of nitrogens with one attached hydrogen (secondary N) is 1. The Kier molecular flexibility index (Phi) is 4.15. The molecule has 4 heteroatoms. The zero-order valence-electron chi connectivity index (χ0n) is 12.7. The Hall–Kier alpha value is -2.28. The van der Waals surface area contributed by atoms with E-state index in [2.05, 4.69) is 34.2 Å². The summed E-state index contributed by atoms with van der Waals surface area (Å²) in [5, 5.41) is 13.6. The first-order chi connectivity index (χ1) is 10.7. The molecular weight excluding hydrogens is 274 g/mol. The van der Waals surface area contributed by atoms with Crippen molar-refractivity contribution in [3.05, 3.63) is 36.5 Å². The third-order valence-corrected chi connectivity index (χ3v) is 4.56. The van der Waals surface area contributed by atoms with E-state index in [1.807, 2.05) is 18.3 Å². The third kappa shape index (κ3) is 2.99. The molecule has 4 nitrogen and oxygen atoms in total. The van der Waals surface area contributed by atoms with Gasteiger partial charge in [-0.15, -0.1) is 0 Å². The average Bonchev–Trinajstić information content (AvgIpc) is 2.97. The van der Waals surface area contributed by atoms with Gasteiger partial charge < -0.3 is 9.88 Å². The van der Waals surface area contributed by atoms with Crippen LogP contribution in [-0.4, -0.2) is 16.0 Å². The lowest BCUT2D eigenvalue weighted by Crippen LogP contribution is -2.48. The molecule has 2 aromatic rings. The first-order valence-electron chi connectivity index (χ1n) is 7.99. The van der Waals surface area contributed by atoms with Crippen molar-refractivity contribution in [2.24, 2.45) is 0 Å². The molecule has 1 amide bonds. The summed E-state index contributed by atoms with van der Waals surface area (Å²) in [7, 11) is 0. The average molecular weight is 295 g/mol. The SMILES string of the molecule is N#CC1(NC(=O)CCn2ccc3ccccc32)CCCCC1. The van der Waals surface area contributed by atoms with Crippen LogP contribution in [0.4, 0.5) is 0 Å². The number of benzene rings is 1. The van der Waals surface area contributed by atoms with Gasteiger partial charge in [0.1, 0.15) is 5.54 Å². The van der Waals surface area contributed by atoms with Gasteiger partial charge in [0.2, 0.25) is 5.91 Å². The number of rotatable bonds is 4. The second kappa shape index (κ2) is 6.23. The van der Waals surface area contributed by atoms with E-state index in [-0.39, 0.29) is 5.91 Å². The normalized spacial score (nSPS) is 17.0. The maximum atomic E-state index is 12.2. The Bertz CT molecular complexity index is 704. The van der Waals surface area contributed by atoms with Crippen LogP contribution in [0.25, 0.3) is 10.9 Å². The van der Waals surface area contributed by atoms with Crippen molar-refractivity contribution in [1.29, 1.82) is 5.26 Å². The number of aryl methyl sites for hydroxylation is 1. The van der Waals surface area contributed by atoms with Gasteiger partial charge in [-0.1, -0.05) is 37.5 Å². The topological polar surface area (TPSA) is 57.8 Å². The van der Waals surface area contributed by atoms with Crippen LogP contribution >= 0.6 is 0 Å². The fraction of sp³-hybridized carbons (Fsp3) is 0.444. The summed E-state index contributed by atoms with van der Waals surface area (Å²) in [6, 6.07) is 12.5. The standard InChI is InChI=1S/C18H21N3O/c19-14-18(10-4-1-5-11-18)20-17(22)9-13-21-12-8-15-6-2-3-7-16(15)21/h2-3,6-8,12H,1,4-5,9-11,13H2,(H,20,22). The molecule has 0 aliphatic heterocycles. The molecule has 22 heavy (non-hydrogen) atoms. The number of hydrogen-bond donors (Lipinski definition) is 1. The number of carbonyl (C=O) groups is 1.